The molecule has 0 aromatic heterocycles. The fourth-order valence-corrected chi connectivity index (χ4v) is 4.89. The monoisotopic (exact) mass is 550 g/mol. The number of benzene rings is 2. The van der Waals surface area contributed by atoms with Gasteiger partial charge in [0.05, 0.1) is 46.6 Å². The van der Waals surface area contributed by atoms with Crippen LogP contribution in [-0.4, -0.2) is 96.8 Å². The Bertz CT molecular complexity index is 1140. The summed E-state index contributed by atoms with van der Waals surface area (Å²) < 4.78 is 32.4. The molecule has 2 aliphatic heterocycles. The normalized spacial score (nSPS) is 29.4. The van der Waals surface area contributed by atoms with Crippen LogP contribution < -0.4 is 18.9 Å². The van der Waals surface area contributed by atoms with Crippen LogP contribution in [-0.2, 0) is 20.7 Å². The van der Waals surface area contributed by atoms with E-state index in [2.05, 4.69) is 0 Å². The molecular formula is C27H34O12. The number of cyclic esters (lactones) is 1. The lowest BCUT2D eigenvalue weighted by Gasteiger charge is -2.39. The second kappa shape index (κ2) is 12.4. The van der Waals surface area contributed by atoms with Crippen molar-refractivity contribution < 1.29 is 58.7 Å². The minimum Gasteiger partial charge on any atom is -0.493 e. The Morgan fingerprint density at radius 1 is 0.897 bits per heavy atom. The Balaban J connectivity index is 1.50. The van der Waals surface area contributed by atoms with Gasteiger partial charge in [-0.3, -0.25) is 4.79 Å². The number of hydrogen-bond acceptors (Lipinski definition) is 12. The maximum atomic E-state index is 12.6. The SMILES string of the molecule is COc1ccc(C(O)C2COC(=O)C2Cc2ccc(OC3O[C@H](CO)[C@@H](O)[C@H](O)[C@H]3O)c(OC)c2)cc1OC. The third-order valence-electron chi connectivity index (χ3n) is 7.17. The molecule has 12 nitrogen and oxygen atoms in total. The Morgan fingerprint density at radius 3 is 2.23 bits per heavy atom. The number of methoxy groups -OCH3 is 3. The molecule has 0 saturated carbocycles. The molecular weight excluding hydrogens is 516 g/mol. The molecule has 39 heavy (non-hydrogen) atoms. The first-order valence-corrected chi connectivity index (χ1v) is 12.4. The summed E-state index contributed by atoms with van der Waals surface area (Å²) in [7, 11) is 4.42. The van der Waals surface area contributed by atoms with Crippen LogP contribution in [0.15, 0.2) is 36.4 Å². The standard InChI is InChI=1S/C27H34O12/c1-34-17-7-5-14(10-20(17)36-3)22(29)16-12-37-26(33)15(16)8-13-4-6-18(19(9-13)35-2)38-27-25(32)24(31)23(30)21(11-28)39-27/h4-7,9-10,15-16,21-25,27-32H,8,11-12H2,1-3H3/t15?,16?,21-,22?,23-,24+,25-,27?/m1/s1. The fourth-order valence-electron chi connectivity index (χ4n) is 4.89. The van der Waals surface area contributed by atoms with Crippen LogP contribution >= 0.6 is 0 Å². The van der Waals surface area contributed by atoms with Crippen molar-refractivity contribution in [2.75, 3.05) is 34.5 Å². The van der Waals surface area contributed by atoms with E-state index in [0.717, 1.165) is 0 Å². The maximum Gasteiger partial charge on any atom is 0.309 e. The van der Waals surface area contributed by atoms with E-state index in [0.29, 0.717) is 22.6 Å². The second-order valence-electron chi connectivity index (χ2n) is 9.46. The summed E-state index contributed by atoms with van der Waals surface area (Å²) in [4.78, 5) is 12.6. The molecule has 0 amide bonds. The first-order valence-electron chi connectivity index (χ1n) is 12.4. The van der Waals surface area contributed by atoms with Crippen molar-refractivity contribution in [2.24, 2.45) is 11.8 Å². The molecule has 214 valence electrons. The highest BCUT2D eigenvalue weighted by molar-refractivity contribution is 5.75. The van der Waals surface area contributed by atoms with Gasteiger partial charge in [0.2, 0.25) is 6.29 Å². The summed E-state index contributed by atoms with van der Waals surface area (Å²) in [5, 5.41) is 50.8. The Hall–Kier alpha value is -3.13. The third kappa shape index (κ3) is 5.91. The van der Waals surface area contributed by atoms with E-state index in [-0.39, 0.29) is 24.5 Å². The molecule has 4 rings (SSSR count). The van der Waals surface area contributed by atoms with Crippen LogP contribution in [0.3, 0.4) is 0 Å². The Labute approximate surface area is 225 Å². The highest BCUT2D eigenvalue weighted by atomic mass is 16.7. The van der Waals surface area contributed by atoms with Crippen molar-refractivity contribution >= 4 is 5.97 Å². The Kier molecular flexibility index (Phi) is 9.15. The summed E-state index contributed by atoms with van der Waals surface area (Å²) >= 11 is 0. The minimum atomic E-state index is -1.59. The summed E-state index contributed by atoms with van der Waals surface area (Å²) in [6.07, 6.45) is -7.95. The molecule has 2 aliphatic rings. The van der Waals surface area contributed by atoms with Gasteiger partial charge in [-0.2, -0.15) is 0 Å². The minimum absolute atomic E-state index is 0.0500. The average molecular weight is 551 g/mol. The van der Waals surface area contributed by atoms with Crippen LogP contribution in [0.4, 0.5) is 0 Å². The van der Waals surface area contributed by atoms with Crippen LogP contribution in [0.5, 0.6) is 23.0 Å². The number of esters is 1. The molecule has 4 unspecified atom stereocenters. The number of rotatable bonds is 10. The van der Waals surface area contributed by atoms with Crippen molar-refractivity contribution in [3.05, 3.63) is 47.5 Å². The number of ether oxygens (including phenoxy) is 6. The average Bonchev–Trinajstić information content (AvgIpc) is 3.32. The highest BCUT2D eigenvalue weighted by Crippen LogP contribution is 2.40. The largest absolute Gasteiger partial charge is 0.493 e. The number of hydrogen-bond donors (Lipinski definition) is 5. The van der Waals surface area contributed by atoms with E-state index in [1.807, 2.05) is 0 Å². The summed E-state index contributed by atoms with van der Waals surface area (Å²) in [5.74, 6) is -0.200. The lowest BCUT2D eigenvalue weighted by molar-refractivity contribution is -0.277. The van der Waals surface area contributed by atoms with Crippen molar-refractivity contribution in [3.8, 4) is 23.0 Å². The lowest BCUT2D eigenvalue weighted by Crippen LogP contribution is -2.60. The van der Waals surface area contributed by atoms with Gasteiger partial charge >= 0.3 is 5.97 Å². The predicted octanol–water partition coefficient (Wildman–Crippen LogP) is -0.0436. The lowest BCUT2D eigenvalue weighted by atomic mass is 9.83. The van der Waals surface area contributed by atoms with Crippen molar-refractivity contribution in [3.63, 3.8) is 0 Å². The fraction of sp³-hybridized carbons (Fsp3) is 0.519. The second-order valence-corrected chi connectivity index (χ2v) is 9.46. The van der Waals surface area contributed by atoms with Crippen molar-refractivity contribution in [1.29, 1.82) is 0 Å². The summed E-state index contributed by atoms with van der Waals surface area (Å²) in [6.45, 7) is -0.539. The number of carbonyl (C=O) groups is 1. The molecule has 2 fully saturated rings. The molecule has 0 bridgehead atoms. The number of aliphatic hydroxyl groups excluding tert-OH is 5. The first kappa shape index (κ1) is 28.9. The molecule has 0 radical (unpaired) electrons. The molecule has 2 aromatic rings. The van der Waals surface area contributed by atoms with Crippen LogP contribution in [0.1, 0.15) is 17.2 Å². The zero-order valence-electron chi connectivity index (χ0n) is 21.8. The highest BCUT2D eigenvalue weighted by Gasteiger charge is 2.45. The van der Waals surface area contributed by atoms with E-state index in [1.165, 1.54) is 21.3 Å². The molecule has 0 spiro atoms. The predicted molar refractivity (Wildman–Crippen MR) is 134 cm³/mol. The Morgan fingerprint density at radius 2 is 1.56 bits per heavy atom. The first-order chi connectivity index (χ1) is 18.7. The van der Waals surface area contributed by atoms with Gasteiger partial charge in [-0.05, 0) is 41.8 Å². The molecule has 0 aliphatic carbocycles. The van der Waals surface area contributed by atoms with Gasteiger partial charge in [-0.15, -0.1) is 0 Å². The van der Waals surface area contributed by atoms with Gasteiger partial charge in [-0.1, -0.05) is 12.1 Å². The van der Waals surface area contributed by atoms with Gasteiger partial charge in [0.1, 0.15) is 24.4 Å². The van der Waals surface area contributed by atoms with E-state index in [9.17, 15) is 30.3 Å². The van der Waals surface area contributed by atoms with Crippen molar-refractivity contribution in [1.82, 2.24) is 0 Å². The van der Waals surface area contributed by atoms with E-state index in [1.54, 1.807) is 36.4 Å². The number of aliphatic hydroxyl groups is 5. The van der Waals surface area contributed by atoms with E-state index in [4.69, 9.17) is 28.4 Å². The molecule has 12 heteroatoms. The molecule has 8 atom stereocenters. The van der Waals surface area contributed by atoms with Crippen LogP contribution in [0.2, 0.25) is 0 Å². The molecule has 2 heterocycles. The van der Waals surface area contributed by atoms with Gasteiger partial charge in [0.25, 0.3) is 0 Å². The molecule has 5 N–H and O–H groups in total. The van der Waals surface area contributed by atoms with E-state index < -0.39 is 61.2 Å². The topological polar surface area (TPSA) is 174 Å². The van der Waals surface area contributed by atoms with Crippen LogP contribution in [0.25, 0.3) is 0 Å². The molecule has 2 aromatic carbocycles. The zero-order valence-corrected chi connectivity index (χ0v) is 21.8. The quantitative estimate of drug-likeness (QED) is 0.250. The summed E-state index contributed by atoms with van der Waals surface area (Å²) in [6, 6.07) is 9.94. The van der Waals surface area contributed by atoms with Gasteiger partial charge in [-0.25, -0.2) is 0 Å². The van der Waals surface area contributed by atoms with Crippen LogP contribution in [0, 0.1) is 11.8 Å². The van der Waals surface area contributed by atoms with Gasteiger partial charge in [0, 0.05) is 5.92 Å². The summed E-state index contributed by atoms with van der Waals surface area (Å²) in [5.41, 5.74) is 1.25. The third-order valence-corrected chi connectivity index (χ3v) is 7.17. The number of carbonyl (C=O) groups excluding carboxylic acids is 1. The zero-order chi connectivity index (χ0) is 28.3. The van der Waals surface area contributed by atoms with Gasteiger partial charge < -0.3 is 54.0 Å². The van der Waals surface area contributed by atoms with Crippen molar-refractivity contribution in [2.45, 2.75) is 43.2 Å². The smallest absolute Gasteiger partial charge is 0.309 e. The van der Waals surface area contributed by atoms with Gasteiger partial charge in [0.15, 0.2) is 23.0 Å². The van der Waals surface area contributed by atoms with E-state index >= 15 is 0 Å². The molecule has 2 saturated heterocycles. The maximum absolute atomic E-state index is 12.6.